The number of urea groups is 1. The summed E-state index contributed by atoms with van der Waals surface area (Å²) in [4.78, 5) is 28.9. The Morgan fingerprint density at radius 3 is 2.64 bits per heavy atom. The van der Waals surface area contributed by atoms with Crippen LogP contribution in [0.25, 0.3) is 11.0 Å². The fourth-order valence-corrected chi connectivity index (χ4v) is 3.64. The third-order valence-corrected chi connectivity index (χ3v) is 5.02. The van der Waals surface area contributed by atoms with Crippen LogP contribution in [0, 0.1) is 5.92 Å². The summed E-state index contributed by atoms with van der Waals surface area (Å²) in [5.41, 5.74) is 2.18. The van der Waals surface area contributed by atoms with Crippen molar-refractivity contribution < 1.29 is 9.59 Å². The summed E-state index contributed by atoms with van der Waals surface area (Å²) in [6.07, 6.45) is 3.82. The summed E-state index contributed by atoms with van der Waals surface area (Å²) in [6.45, 7) is 2.91. The van der Waals surface area contributed by atoms with Gasteiger partial charge in [0.15, 0.2) is 0 Å². The van der Waals surface area contributed by atoms with E-state index in [0.717, 1.165) is 50.8 Å². The number of hydrogen-bond donors (Lipinski definition) is 2. The van der Waals surface area contributed by atoms with Gasteiger partial charge in [-0.25, -0.2) is 4.79 Å². The van der Waals surface area contributed by atoms with Gasteiger partial charge in [-0.2, -0.15) is 15.4 Å². The zero-order valence-electron chi connectivity index (χ0n) is 14.1. The fourth-order valence-electron chi connectivity index (χ4n) is 3.64. The number of hydrogen-bond acceptors (Lipinski definition) is 4. The van der Waals surface area contributed by atoms with Crippen molar-refractivity contribution in [1.29, 1.82) is 0 Å². The van der Waals surface area contributed by atoms with E-state index in [0.29, 0.717) is 17.7 Å². The fraction of sp³-hybridized carbons (Fsp3) is 0.529. The maximum atomic E-state index is 12.6. The lowest BCUT2D eigenvalue weighted by Crippen LogP contribution is -2.48. The Balaban J connectivity index is 1.39. The van der Waals surface area contributed by atoms with Crippen LogP contribution in [0.15, 0.2) is 18.2 Å². The van der Waals surface area contributed by atoms with E-state index in [1.54, 1.807) is 6.07 Å². The van der Waals surface area contributed by atoms with E-state index in [1.807, 2.05) is 21.9 Å². The van der Waals surface area contributed by atoms with Crippen LogP contribution in [0.4, 0.5) is 10.5 Å². The number of benzene rings is 1. The Morgan fingerprint density at radius 2 is 1.80 bits per heavy atom. The largest absolute Gasteiger partial charge is 0.326 e. The monoisotopic (exact) mass is 342 g/mol. The first-order chi connectivity index (χ1) is 12.2. The van der Waals surface area contributed by atoms with Crippen molar-refractivity contribution in [1.82, 2.24) is 25.2 Å². The molecule has 0 spiro atoms. The summed E-state index contributed by atoms with van der Waals surface area (Å²) in [6, 6.07) is 5.52. The Hall–Kier alpha value is -2.64. The zero-order valence-corrected chi connectivity index (χ0v) is 14.1. The van der Waals surface area contributed by atoms with Crippen LogP contribution in [-0.2, 0) is 4.79 Å². The lowest BCUT2D eigenvalue weighted by molar-refractivity contribution is -0.121. The number of carbonyl (C=O) groups is 2. The average Bonchev–Trinajstić information content (AvgIpc) is 3.32. The Bertz CT molecular complexity index is 782. The first kappa shape index (κ1) is 15.9. The number of nitrogens with one attached hydrogen (secondary N) is 2. The molecule has 2 fully saturated rings. The van der Waals surface area contributed by atoms with Gasteiger partial charge in [-0.05, 0) is 43.9 Å². The van der Waals surface area contributed by atoms with Crippen LogP contribution in [0.3, 0.4) is 0 Å². The smallest absolute Gasteiger partial charge is 0.320 e. The van der Waals surface area contributed by atoms with E-state index in [-0.39, 0.29) is 17.9 Å². The highest BCUT2D eigenvalue weighted by atomic mass is 16.2. The van der Waals surface area contributed by atoms with Crippen LogP contribution >= 0.6 is 0 Å². The van der Waals surface area contributed by atoms with Gasteiger partial charge in [0.25, 0.3) is 0 Å². The molecule has 0 saturated carbocycles. The van der Waals surface area contributed by atoms with Crippen molar-refractivity contribution in [2.24, 2.45) is 5.92 Å². The van der Waals surface area contributed by atoms with E-state index in [9.17, 15) is 9.59 Å². The van der Waals surface area contributed by atoms with Gasteiger partial charge in [0, 0.05) is 31.9 Å². The number of carbonyl (C=O) groups excluding carboxylic acids is 2. The summed E-state index contributed by atoms with van der Waals surface area (Å²) in [5.74, 6) is -0.213. The molecule has 2 N–H and O–H groups in total. The minimum Gasteiger partial charge on any atom is -0.326 e. The number of nitrogens with zero attached hydrogens (tertiary/aromatic N) is 4. The van der Waals surface area contributed by atoms with Crippen molar-refractivity contribution in [3.8, 4) is 0 Å². The van der Waals surface area contributed by atoms with E-state index < -0.39 is 0 Å². The van der Waals surface area contributed by atoms with E-state index in [1.165, 1.54) is 0 Å². The molecule has 2 saturated heterocycles. The first-order valence-corrected chi connectivity index (χ1v) is 8.86. The molecule has 0 bridgehead atoms. The second-order valence-corrected chi connectivity index (χ2v) is 6.78. The minimum atomic E-state index is -0.173. The van der Waals surface area contributed by atoms with E-state index in [2.05, 4.69) is 20.7 Å². The van der Waals surface area contributed by atoms with Crippen molar-refractivity contribution in [2.45, 2.75) is 25.7 Å². The van der Waals surface area contributed by atoms with E-state index >= 15 is 0 Å². The molecule has 1 atom stereocenters. The van der Waals surface area contributed by atoms with Gasteiger partial charge in [-0.3, -0.25) is 4.79 Å². The van der Waals surface area contributed by atoms with Gasteiger partial charge in [0.2, 0.25) is 5.91 Å². The van der Waals surface area contributed by atoms with Crippen LogP contribution in [-0.4, -0.2) is 63.3 Å². The Morgan fingerprint density at radius 1 is 1.04 bits per heavy atom. The van der Waals surface area contributed by atoms with Crippen LogP contribution < -0.4 is 5.32 Å². The van der Waals surface area contributed by atoms with Crippen molar-refractivity contribution in [2.75, 3.05) is 31.5 Å². The number of aromatic amines is 1. The third-order valence-electron chi connectivity index (χ3n) is 5.02. The molecule has 1 unspecified atom stereocenters. The molecule has 132 valence electrons. The molecule has 3 heterocycles. The number of H-pyrrole nitrogens is 1. The van der Waals surface area contributed by atoms with Gasteiger partial charge in [0.05, 0.1) is 5.92 Å². The first-order valence-electron chi connectivity index (χ1n) is 8.86. The molecule has 2 aromatic rings. The molecule has 8 heteroatoms. The lowest BCUT2D eigenvalue weighted by Gasteiger charge is -2.34. The molecule has 2 aliphatic rings. The molecular weight excluding hydrogens is 320 g/mol. The topological polar surface area (TPSA) is 94.2 Å². The quantitative estimate of drug-likeness (QED) is 0.870. The normalized spacial score (nSPS) is 20.9. The number of piperidine rings is 1. The van der Waals surface area contributed by atoms with Gasteiger partial charge < -0.3 is 15.1 Å². The number of aromatic nitrogens is 3. The highest BCUT2D eigenvalue weighted by Gasteiger charge is 2.31. The minimum absolute atomic E-state index is 0.0400. The number of anilines is 1. The second kappa shape index (κ2) is 6.70. The van der Waals surface area contributed by atoms with Crippen molar-refractivity contribution in [3.05, 3.63) is 18.2 Å². The third kappa shape index (κ3) is 3.29. The van der Waals surface area contributed by atoms with Gasteiger partial charge >= 0.3 is 6.03 Å². The standard InChI is InChI=1S/C17H22N6O2/c24-16(18-13-5-6-14-15(10-13)20-21-19-14)12-4-3-9-23(11-12)17(25)22-7-1-2-8-22/h5-6,10,12H,1-4,7-9,11H2,(H,18,24)(H,19,20,21). The van der Waals surface area contributed by atoms with Crippen molar-refractivity contribution >= 4 is 28.7 Å². The van der Waals surface area contributed by atoms with Gasteiger partial charge in [-0.1, -0.05) is 0 Å². The Labute approximate surface area is 145 Å². The summed E-state index contributed by atoms with van der Waals surface area (Å²) in [7, 11) is 0. The summed E-state index contributed by atoms with van der Waals surface area (Å²) >= 11 is 0. The summed E-state index contributed by atoms with van der Waals surface area (Å²) in [5, 5.41) is 13.5. The number of likely N-dealkylation sites (tertiary alicyclic amines) is 2. The van der Waals surface area contributed by atoms with E-state index in [4.69, 9.17) is 0 Å². The van der Waals surface area contributed by atoms with Crippen LogP contribution in [0.2, 0.25) is 0 Å². The Kier molecular flexibility index (Phi) is 4.25. The molecular formula is C17H22N6O2. The molecule has 0 radical (unpaired) electrons. The van der Waals surface area contributed by atoms with Crippen LogP contribution in [0.1, 0.15) is 25.7 Å². The number of rotatable bonds is 2. The van der Waals surface area contributed by atoms with Crippen molar-refractivity contribution in [3.63, 3.8) is 0 Å². The maximum Gasteiger partial charge on any atom is 0.320 e. The van der Waals surface area contributed by atoms with Gasteiger partial charge in [0.1, 0.15) is 11.0 Å². The molecule has 1 aromatic heterocycles. The number of fused-ring (bicyclic) bond motifs is 1. The molecule has 4 rings (SSSR count). The number of amides is 3. The predicted molar refractivity (Wildman–Crippen MR) is 93.0 cm³/mol. The molecule has 1 aromatic carbocycles. The van der Waals surface area contributed by atoms with Gasteiger partial charge in [-0.15, -0.1) is 0 Å². The highest BCUT2D eigenvalue weighted by Crippen LogP contribution is 2.22. The zero-order chi connectivity index (χ0) is 17.2. The van der Waals surface area contributed by atoms with Crippen LogP contribution in [0.5, 0.6) is 0 Å². The average molecular weight is 342 g/mol. The molecule has 8 nitrogen and oxygen atoms in total. The second-order valence-electron chi connectivity index (χ2n) is 6.78. The maximum absolute atomic E-state index is 12.6. The predicted octanol–water partition coefficient (Wildman–Crippen LogP) is 1.82. The highest BCUT2D eigenvalue weighted by molar-refractivity contribution is 5.94. The SMILES string of the molecule is O=C(Nc1ccc2n[nH]nc2c1)C1CCCN(C(=O)N2CCCC2)C1. The summed E-state index contributed by atoms with van der Waals surface area (Å²) < 4.78 is 0. The molecule has 2 aliphatic heterocycles. The molecule has 0 aliphatic carbocycles. The lowest BCUT2D eigenvalue weighted by atomic mass is 9.97. The molecule has 3 amide bonds. The molecule has 25 heavy (non-hydrogen) atoms.